The lowest BCUT2D eigenvalue weighted by Crippen LogP contribution is -2.29. The molecule has 0 aromatic carbocycles. The van der Waals surface area contributed by atoms with Crippen molar-refractivity contribution in [3.63, 3.8) is 0 Å². The lowest BCUT2D eigenvalue weighted by atomic mass is 10.2. The maximum atomic E-state index is 13.2. The molecule has 0 aliphatic heterocycles. The van der Waals surface area contributed by atoms with E-state index in [0.717, 1.165) is 48.7 Å². The third-order valence-corrected chi connectivity index (χ3v) is 6.98. The van der Waals surface area contributed by atoms with Crippen molar-refractivity contribution in [1.82, 2.24) is 14.9 Å². The normalized spacial score (nSPS) is 13.5. The number of carbonyl (C=O) groups is 1. The number of rotatable bonds is 9. The summed E-state index contributed by atoms with van der Waals surface area (Å²) in [5.74, 6) is 0.717. The second-order valence-corrected chi connectivity index (χ2v) is 9.61. The topological polar surface area (TPSA) is 64.0 Å². The standard InChI is InChI=1S/C20H29N3O2S2/c1-4-5-6-10-23-19(25)17-14-8-7-9-15(14)27-18(17)22-20(23)26-12-16(24)21-11-13(2)3/h13H,4-12H2,1-3H3,(H,21,24). The van der Waals surface area contributed by atoms with E-state index in [1.807, 2.05) is 4.57 Å². The molecule has 0 saturated heterocycles. The molecule has 0 fully saturated rings. The van der Waals surface area contributed by atoms with Crippen LogP contribution in [0.2, 0.25) is 0 Å². The Balaban J connectivity index is 1.86. The second kappa shape index (κ2) is 9.24. The first-order valence-electron chi connectivity index (χ1n) is 9.95. The average molecular weight is 408 g/mol. The van der Waals surface area contributed by atoms with Gasteiger partial charge < -0.3 is 5.32 Å². The van der Waals surface area contributed by atoms with Gasteiger partial charge in [-0.15, -0.1) is 11.3 Å². The molecule has 0 bridgehead atoms. The van der Waals surface area contributed by atoms with E-state index in [1.54, 1.807) is 11.3 Å². The van der Waals surface area contributed by atoms with Gasteiger partial charge in [-0.3, -0.25) is 14.2 Å². The monoisotopic (exact) mass is 407 g/mol. The van der Waals surface area contributed by atoms with Gasteiger partial charge in [0, 0.05) is 18.0 Å². The molecule has 5 nitrogen and oxygen atoms in total. The predicted molar refractivity (Wildman–Crippen MR) is 114 cm³/mol. The van der Waals surface area contributed by atoms with E-state index in [9.17, 15) is 9.59 Å². The molecule has 2 aromatic rings. The highest BCUT2D eigenvalue weighted by atomic mass is 32.2. The third-order valence-electron chi connectivity index (χ3n) is 4.81. The molecule has 1 amide bonds. The first-order valence-corrected chi connectivity index (χ1v) is 11.8. The number of amides is 1. The first-order chi connectivity index (χ1) is 13.0. The zero-order valence-corrected chi connectivity index (χ0v) is 18.1. The number of fused-ring (bicyclic) bond motifs is 3. The Morgan fingerprint density at radius 2 is 2.15 bits per heavy atom. The van der Waals surface area contributed by atoms with Crippen molar-refractivity contribution in [3.8, 4) is 0 Å². The smallest absolute Gasteiger partial charge is 0.263 e. The molecule has 7 heteroatoms. The summed E-state index contributed by atoms with van der Waals surface area (Å²) >= 11 is 3.04. The van der Waals surface area contributed by atoms with Gasteiger partial charge in [0.05, 0.1) is 11.1 Å². The maximum Gasteiger partial charge on any atom is 0.263 e. The molecule has 148 valence electrons. The number of thioether (sulfide) groups is 1. The van der Waals surface area contributed by atoms with Crippen molar-refractivity contribution in [2.24, 2.45) is 5.92 Å². The van der Waals surface area contributed by atoms with Gasteiger partial charge in [-0.2, -0.15) is 0 Å². The van der Waals surface area contributed by atoms with E-state index in [4.69, 9.17) is 4.98 Å². The van der Waals surface area contributed by atoms with Gasteiger partial charge in [-0.05, 0) is 37.2 Å². The molecule has 27 heavy (non-hydrogen) atoms. The van der Waals surface area contributed by atoms with Crippen molar-refractivity contribution in [2.75, 3.05) is 12.3 Å². The van der Waals surface area contributed by atoms with Crippen LogP contribution in [0.1, 0.15) is 56.9 Å². The summed E-state index contributed by atoms with van der Waals surface area (Å²) in [5, 5.41) is 4.45. The number of nitrogens with zero attached hydrogens (tertiary/aromatic N) is 2. The summed E-state index contributed by atoms with van der Waals surface area (Å²) in [6.07, 6.45) is 6.35. The highest BCUT2D eigenvalue weighted by Gasteiger charge is 2.23. The van der Waals surface area contributed by atoms with E-state index >= 15 is 0 Å². The largest absolute Gasteiger partial charge is 0.355 e. The molecule has 1 N–H and O–H groups in total. The second-order valence-electron chi connectivity index (χ2n) is 7.58. The molecule has 0 saturated carbocycles. The third kappa shape index (κ3) is 4.74. The Hall–Kier alpha value is -1.34. The van der Waals surface area contributed by atoms with Crippen LogP contribution in [-0.2, 0) is 24.2 Å². The van der Waals surface area contributed by atoms with Crippen LogP contribution in [0.25, 0.3) is 10.2 Å². The van der Waals surface area contributed by atoms with Gasteiger partial charge in [-0.1, -0.05) is 45.4 Å². The fourth-order valence-corrected chi connectivity index (χ4v) is 5.54. The zero-order chi connectivity index (χ0) is 19.4. The number of aryl methyl sites for hydroxylation is 2. The van der Waals surface area contributed by atoms with Gasteiger partial charge in [-0.25, -0.2) is 4.98 Å². The van der Waals surface area contributed by atoms with E-state index in [0.29, 0.717) is 29.9 Å². The molecule has 0 atom stereocenters. The number of thiophene rings is 1. The minimum Gasteiger partial charge on any atom is -0.355 e. The fourth-order valence-electron chi connectivity index (χ4n) is 3.38. The van der Waals surface area contributed by atoms with Gasteiger partial charge in [0.25, 0.3) is 5.56 Å². The van der Waals surface area contributed by atoms with Crippen molar-refractivity contribution >= 4 is 39.2 Å². The average Bonchev–Trinajstić information content (AvgIpc) is 3.21. The highest BCUT2D eigenvalue weighted by Crippen LogP contribution is 2.35. The van der Waals surface area contributed by atoms with Crippen LogP contribution >= 0.6 is 23.1 Å². The predicted octanol–water partition coefficient (Wildman–Crippen LogP) is 4.00. The minimum atomic E-state index is -0.00294. The van der Waals surface area contributed by atoms with E-state index < -0.39 is 0 Å². The summed E-state index contributed by atoms with van der Waals surface area (Å²) in [6, 6.07) is 0. The Kier molecular flexibility index (Phi) is 6.98. The highest BCUT2D eigenvalue weighted by molar-refractivity contribution is 7.99. The molecule has 0 radical (unpaired) electrons. The lowest BCUT2D eigenvalue weighted by molar-refractivity contribution is -0.118. The van der Waals surface area contributed by atoms with Crippen LogP contribution in [0.5, 0.6) is 0 Å². The van der Waals surface area contributed by atoms with Crippen LogP contribution in [0.4, 0.5) is 0 Å². The molecule has 0 unspecified atom stereocenters. The van der Waals surface area contributed by atoms with Crippen LogP contribution < -0.4 is 10.9 Å². The van der Waals surface area contributed by atoms with Crippen molar-refractivity contribution < 1.29 is 4.79 Å². The SMILES string of the molecule is CCCCCn1c(SCC(=O)NCC(C)C)nc2sc3c(c2c1=O)CCC3. The summed E-state index contributed by atoms with van der Waals surface area (Å²) in [6.45, 7) is 7.66. The van der Waals surface area contributed by atoms with Crippen molar-refractivity contribution in [1.29, 1.82) is 0 Å². The number of aromatic nitrogens is 2. The van der Waals surface area contributed by atoms with Gasteiger partial charge >= 0.3 is 0 Å². The lowest BCUT2D eigenvalue weighted by Gasteiger charge is -2.12. The van der Waals surface area contributed by atoms with Crippen LogP contribution in [0.3, 0.4) is 0 Å². The van der Waals surface area contributed by atoms with Gasteiger partial charge in [0.2, 0.25) is 5.91 Å². The number of nitrogens with one attached hydrogen (secondary N) is 1. The molecular formula is C20H29N3O2S2. The van der Waals surface area contributed by atoms with Gasteiger partial charge in [0.1, 0.15) is 4.83 Å². The molecule has 2 aromatic heterocycles. The summed E-state index contributed by atoms with van der Waals surface area (Å²) in [5.41, 5.74) is 1.31. The molecule has 1 aliphatic carbocycles. The number of carbonyl (C=O) groups excluding carboxylic acids is 1. The molecular weight excluding hydrogens is 378 g/mol. The van der Waals surface area contributed by atoms with E-state index in [1.165, 1.54) is 22.2 Å². The zero-order valence-electron chi connectivity index (χ0n) is 16.5. The van der Waals surface area contributed by atoms with Crippen LogP contribution in [-0.4, -0.2) is 27.8 Å². The van der Waals surface area contributed by atoms with E-state index in [-0.39, 0.29) is 11.5 Å². The summed E-state index contributed by atoms with van der Waals surface area (Å²) in [7, 11) is 0. The number of hydrogen-bond acceptors (Lipinski definition) is 5. The maximum absolute atomic E-state index is 13.2. The van der Waals surface area contributed by atoms with Crippen molar-refractivity contribution in [2.45, 2.75) is 71.0 Å². The fraction of sp³-hybridized carbons (Fsp3) is 0.650. The molecule has 1 aliphatic rings. The number of unbranched alkanes of at least 4 members (excludes halogenated alkanes) is 2. The quantitative estimate of drug-likeness (QED) is 0.388. The van der Waals surface area contributed by atoms with Crippen LogP contribution in [0, 0.1) is 5.92 Å². The Labute approximate surface area is 169 Å². The Morgan fingerprint density at radius 3 is 2.89 bits per heavy atom. The minimum absolute atomic E-state index is 0.00294. The summed E-state index contributed by atoms with van der Waals surface area (Å²) in [4.78, 5) is 32.3. The molecule has 0 spiro atoms. The van der Waals surface area contributed by atoms with E-state index in [2.05, 4.69) is 26.1 Å². The molecule has 2 heterocycles. The van der Waals surface area contributed by atoms with Crippen molar-refractivity contribution in [3.05, 3.63) is 20.8 Å². The first kappa shape index (κ1) is 20.4. The number of hydrogen-bond donors (Lipinski definition) is 1. The summed E-state index contributed by atoms with van der Waals surface area (Å²) < 4.78 is 1.81. The Morgan fingerprint density at radius 1 is 1.33 bits per heavy atom. The van der Waals surface area contributed by atoms with Crippen LogP contribution in [0.15, 0.2) is 9.95 Å². The Bertz CT molecular complexity index is 870. The molecule has 3 rings (SSSR count). The van der Waals surface area contributed by atoms with Gasteiger partial charge in [0.15, 0.2) is 5.16 Å².